The largest absolute Gasteiger partial charge is 0.497 e. The average Bonchev–Trinajstić information content (AvgIpc) is 2.53. The Labute approximate surface area is 131 Å². The number of benzene rings is 1. The molecule has 5 heteroatoms. The molecule has 0 fully saturated rings. The van der Waals surface area contributed by atoms with Crippen molar-refractivity contribution in [2.24, 2.45) is 5.92 Å². The second-order valence-electron chi connectivity index (χ2n) is 5.61. The van der Waals surface area contributed by atoms with Crippen molar-refractivity contribution in [3.63, 3.8) is 0 Å². The molecule has 1 heterocycles. The van der Waals surface area contributed by atoms with Gasteiger partial charge in [0.05, 0.1) is 18.4 Å². The van der Waals surface area contributed by atoms with Gasteiger partial charge in [-0.25, -0.2) is 0 Å². The summed E-state index contributed by atoms with van der Waals surface area (Å²) in [6.07, 6.45) is 3.70. The first-order chi connectivity index (χ1) is 10.5. The molecule has 1 aliphatic rings. The van der Waals surface area contributed by atoms with Crippen LogP contribution in [-0.2, 0) is 4.79 Å². The van der Waals surface area contributed by atoms with Gasteiger partial charge in [-0.2, -0.15) is 0 Å². The summed E-state index contributed by atoms with van der Waals surface area (Å²) in [7, 11) is 3.28. The van der Waals surface area contributed by atoms with Crippen molar-refractivity contribution >= 4 is 11.6 Å². The van der Waals surface area contributed by atoms with Crippen LogP contribution >= 0.6 is 0 Å². The quantitative estimate of drug-likeness (QED) is 0.875. The lowest BCUT2D eigenvalue weighted by atomic mass is 10.1. The second-order valence-corrected chi connectivity index (χ2v) is 5.61. The number of rotatable bonds is 5. The predicted octanol–water partition coefficient (Wildman–Crippen LogP) is 2.14. The van der Waals surface area contributed by atoms with Crippen molar-refractivity contribution in [2.45, 2.75) is 13.8 Å². The lowest BCUT2D eigenvalue weighted by Crippen LogP contribution is -2.39. The van der Waals surface area contributed by atoms with E-state index in [9.17, 15) is 4.79 Å². The first-order valence-corrected chi connectivity index (χ1v) is 7.36. The van der Waals surface area contributed by atoms with E-state index in [0.717, 1.165) is 23.6 Å². The number of likely N-dealkylation sites (N-methyl/N-ethyl adjacent to an activating group) is 1. The monoisotopic (exact) mass is 301 g/mol. The fourth-order valence-electron chi connectivity index (χ4n) is 2.26. The molecule has 118 valence electrons. The summed E-state index contributed by atoms with van der Waals surface area (Å²) in [6, 6.07) is 7.75. The van der Waals surface area contributed by atoms with E-state index in [4.69, 9.17) is 4.74 Å². The highest BCUT2D eigenvalue weighted by Crippen LogP contribution is 2.22. The van der Waals surface area contributed by atoms with Crippen LogP contribution < -0.4 is 15.5 Å². The molecule has 0 atom stereocenters. The third kappa shape index (κ3) is 3.81. The van der Waals surface area contributed by atoms with Crippen LogP contribution in [-0.4, -0.2) is 31.6 Å². The molecule has 2 N–H and O–H groups in total. The predicted molar refractivity (Wildman–Crippen MR) is 87.8 cm³/mol. The summed E-state index contributed by atoms with van der Waals surface area (Å²) in [5, 5.41) is 4.63. The maximum Gasteiger partial charge on any atom is 0.252 e. The molecule has 1 aliphatic heterocycles. The topological polar surface area (TPSA) is 53.6 Å². The highest BCUT2D eigenvalue weighted by molar-refractivity contribution is 5.98. The third-order valence-corrected chi connectivity index (χ3v) is 3.31. The smallest absolute Gasteiger partial charge is 0.252 e. The Kier molecular flexibility index (Phi) is 5.09. The van der Waals surface area contributed by atoms with Crippen LogP contribution in [0.3, 0.4) is 0 Å². The van der Waals surface area contributed by atoms with Crippen LogP contribution in [0, 0.1) is 5.92 Å². The highest BCUT2D eigenvalue weighted by Gasteiger charge is 2.17. The summed E-state index contributed by atoms with van der Waals surface area (Å²) in [6.45, 7) is 5.09. The van der Waals surface area contributed by atoms with Crippen molar-refractivity contribution in [3.05, 3.63) is 47.7 Å². The summed E-state index contributed by atoms with van der Waals surface area (Å²) in [5.74, 6) is 1.19. The molecule has 0 bridgehead atoms. The van der Waals surface area contributed by atoms with Crippen molar-refractivity contribution in [2.75, 3.05) is 20.7 Å². The number of nitrogens with one attached hydrogen (secondary N) is 2. The molecule has 1 amide bonds. The van der Waals surface area contributed by atoms with Crippen LogP contribution in [0.1, 0.15) is 19.4 Å². The average molecular weight is 301 g/mol. The summed E-state index contributed by atoms with van der Waals surface area (Å²) in [5.41, 5.74) is 5.87. The van der Waals surface area contributed by atoms with Gasteiger partial charge in [0.15, 0.2) is 0 Å². The molecule has 0 spiro atoms. The Hall–Kier alpha value is -2.43. The minimum Gasteiger partial charge on any atom is -0.497 e. The number of methoxy groups -OCH3 is 1. The van der Waals surface area contributed by atoms with Crippen LogP contribution in [0.15, 0.2) is 42.1 Å². The fraction of sp³-hybridized carbons (Fsp3) is 0.353. The van der Waals surface area contributed by atoms with Gasteiger partial charge in [0.1, 0.15) is 5.75 Å². The Morgan fingerprint density at radius 2 is 2.00 bits per heavy atom. The Morgan fingerprint density at radius 3 is 2.55 bits per heavy atom. The van der Waals surface area contributed by atoms with E-state index >= 15 is 0 Å². The molecule has 2 rings (SSSR count). The van der Waals surface area contributed by atoms with Gasteiger partial charge < -0.3 is 10.1 Å². The molecule has 5 nitrogen and oxygen atoms in total. The van der Waals surface area contributed by atoms with Crippen molar-refractivity contribution in [3.8, 4) is 5.75 Å². The maximum absolute atomic E-state index is 12.0. The number of hydrogen-bond acceptors (Lipinski definition) is 4. The van der Waals surface area contributed by atoms with E-state index in [1.165, 1.54) is 0 Å². The van der Waals surface area contributed by atoms with Gasteiger partial charge >= 0.3 is 0 Å². The molecule has 0 unspecified atom stereocenters. The zero-order chi connectivity index (χ0) is 16.1. The van der Waals surface area contributed by atoms with E-state index in [1.54, 1.807) is 14.2 Å². The molecule has 22 heavy (non-hydrogen) atoms. The number of nitrogens with zero attached hydrogens (tertiary/aromatic N) is 1. The van der Waals surface area contributed by atoms with E-state index in [0.29, 0.717) is 11.5 Å². The maximum atomic E-state index is 12.0. The molecule has 0 aromatic heterocycles. The SMILES string of the molecule is CNC(=O)C1=CN(CC(C)C)NC(c2ccc(OC)cc2)=C1. The molecule has 0 saturated carbocycles. The van der Waals surface area contributed by atoms with Crippen LogP contribution in [0.5, 0.6) is 5.75 Å². The van der Waals surface area contributed by atoms with Gasteiger partial charge in [-0.15, -0.1) is 0 Å². The molecular weight excluding hydrogens is 278 g/mol. The molecular formula is C17H23N3O2. The van der Waals surface area contributed by atoms with E-state index in [-0.39, 0.29) is 5.91 Å². The summed E-state index contributed by atoms with van der Waals surface area (Å²) >= 11 is 0. The second kappa shape index (κ2) is 7.02. The van der Waals surface area contributed by atoms with Crippen molar-refractivity contribution in [1.82, 2.24) is 15.8 Å². The van der Waals surface area contributed by atoms with Gasteiger partial charge in [-0.3, -0.25) is 15.2 Å². The zero-order valence-electron chi connectivity index (χ0n) is 13.5. The number of hydrogen-bond donors (Lipinski definition) is 2. The zero-order valence-corrected chi connectivity index (χ0v) is 13.5. The standard InChI is InChI=1S/C17H23N3O2/c1-12(2)10-20-11-14(17(21)18-3)9-16(19-20)13-5-7-15(22-4)8-6-13/h5-9,11-12,19H,10H2,1-4H3,(H,18,21). The molecule has 0 saturated heterocycles. The first kappa shape index (κ1) is 15.9. The normalized spacial score (nSPS) is 14.1. The highest BCUT2D eigenvalue weighted by atomic mass is 16.5. The van der Waals surface area contributed by atoms with Crippen molar-refractivity contribution in [1.29, 1.82) is 0 Å². The number of carbonyl (C=O) groups excluding carboxylic acids is 1. The van der Waals surface area contributed by atoms with Crippen LogP contribution in [0.25, 0.3) is 5.70 Å². The van der Waals surface area contributed by atoms with Gasteiger partial charge in [0.25, 0.3) is 5.91 Å². The first-order valence-electron chi connectivity index (χ1n) is 7.36. The van der Waals surface area contributed by atoms with Crippen LogP contribution in [0.4, 0.5) is 0 Å². The third-order valence-electron chi connectivity index (χ3n) is 3.31. The summed E-state index contributed by atoms with van der Waals surface area (Å²) in [4.78, 5) is 12.0. The minimum absolute atomic E-state index is 0.0960. The van der Waals surface area contributed by atoms with Gasteiger partial charge in [0, 0.05) is 19.8 Å². The molecule has 0 aliphatic carbocycles. The van der Waals surface area contributed by atoms with E-state index in [1.807, 2.05) is 41.6 Å². The minimum atomic E-state index is -0.0960. The Balaban J connectivity index is 2.30. The number of ether oxygens (including phenoxy) is 1. The number of amides is 1. The van der Waals surface area contributed by atoms with E-state index < -0.39 is 0 Å². The molecule has 1 aromatic carbocycles. The van der Waals surface area contributed by atoms with Crippen LogP contribution in [0.2, 0.25) is 0 Å². The lowest BCUT2D eigenvalue weighted by Gasteiger charge is -2.30. The Bertz CT molecular complexity index is 588. The fourth-order valence-corrected chi connectivity index (χ4v) is 2.26. The molecule has 0 radical (unpaired) electrons. The Morgan fingerprint density at radius 1 is 1.32 bits per heavy atom. The van der Waals surface area contributed by atoms with Crippen molar-refractivity contribution < 1.29 is 9.53 Å². The molecule has 1 aromatic rings. The summed E-state index contributed by atoms with van der Waals surface area (Å²) < 4.78 is 5.18. The number of carbonyl (C=O) groups is 1. The van der Waals surface area contributed by atoms with Gasteiger partial charge in [-0.1, -0.05) is 13.8 Å². The lowest BCUT2D eigenvalue weighted by molar-refractivity contribution is -0.116. The number of hydrazine groups is 1. The van der Waals surface area contributed by atoms with Gasteiger partial charge in [-0.05, 0) is 41.8 Å². The van der Waals surface area contributed by atoms with E-state index in [2.05, 4.69) is 24.6 Å². The van der Waals surface area contributed by atoms with Gasteiger partial charge in [0.2, 0.25) is 0 Å².